The van der Waals surface area contributed by atoms with E-state index in [9.17, 15) is 19.2 Å². The zero-order chi connectivity index (χ0) is 24.0. The Morgan fingerprint density at radius 3 is 2.27 bits per heavy atom. The number of nitrogens with one attached hydrogen (secondary N) is 1. The topological polar surface area (TPSA) is 116 Å². The van der Waals surface area contributed by atoms with Crippen molar-refractivity contribution in [2.75, 3.05) is 32.7 Å². The summed E-state index contributed by atoms with van der Waals surface area (Å²) in [5, 5.41) is 6.63. The molecule has 0 atom stereocenters. The fourth-order valence-electron chi connectivity index (χ4n) is 5.15. The van der Waals surface area contributed by atoms with Crippen LogP contribution < -0.4 is 5.32 Å². The van der Waals surface area contributed by atoms with E-state index < -0.39 is 11.6 Å². The van der Waals surface area contributed by atoms with Gasteiger partial charge in [-0.25, -0.2) is 4.79 Å². The highest BCUT2D eigenvalue weighted by molar-refractivity contribution is 6.09. The molecule has 3 fully saturated rings. The van der Waals surface area contributed by atoms with Crippen LogP contribution in [0, 0.1) is 18.3 Å². The zero-order valence-electron chi connectivity index (χ0n) is 19.8. The van der Waals surface area contributed by atoms with Gasteiger partial charge in [0.1, 0.15) is 12.1 Å². The first-order valence-corrected chi connectivity index (χ1v) is 11.6. The van der Waals surface area contributed by atoms with Crippen molar-refractivity contribution in [2.24, 2.45) is 11.3 Å². The number of aryl methyl sites for hydroxylation is 1. The van der Waals surface area contributed by atoms with Crippen molar-refractivity contribution in [3.63, 3.8) is 0 Å². The third-order valence-corrected chi connectivity index (χ3v) is 7.36. The first-order valence-electron chi connectivity index (χ1n) is 11.6. The molecule has 1 aliphatic carbocycles. The van der Waals surface area contributed by atoms with Crippen molar-refractivity contribution in [3.8, 4) is 0 Å². The van der Waals surface area contributed by atoms with Crippen LogP contribution in [0.1, 0.15) is 62.7 Å². The summed E-state index contributed by atoms with van der Waals surface area (Å²) >= 11 is 0. The minimum atomic E-state index is -0.876. The largest absolute Gasteiger partial charge is 0.351 e. The first-order chi connectivity index (χ1) is 15.5. The van der Waals surface area contributed by atoms with E-state index in [1.54, 1.807) is 22.8 Å². The number of piperazine rings is 1. The van der Waals surface area contributed by atoms with E-state index in [4.69, 9.17) is 4.52 Å². The maximum absolute atomic E-state index is 13.2. The Balaban J connectivity index is 1.31. The highest BCUT2D eigenvalue weighted by Gasteiger charge is 2.53. The lowest BCUT2D eigenvalue weighted by Crippen LogP contribution is -2.53. The van der Waals surface area contributed by atoms with Crippen LogP contribution in [0.15, 0.2) is 10.6 Å². The maximum Gasteiger partial charge on any atom is 0.325 e. The molecule has 180 valence electrons. The van der Waals surface area contributed by atoms with Crippen molar-refractivity contribution in [3.05, 3.63) is 17.5 Å². The lowest BCUT2D eigenvalue weighted by Gasteiger charge is -2.40. The highest BCUT2D eigenvalue weighted by atomic mass is 16.5. The van der Waals surface area contributed by atoms with Crippen molar-refractivity contribution < 1.29 is 23.7 Å². The summed E-state index contributed by atoms with van der Waals surface area (Å²) < 4.78 is 5.04. The van der Waals surface area contributed by atoms with Gasteiger partial charge in [-0.1, -0.05) is 25.9 Å². The number of rotatable bonds is 3. The number of carbonyl (C=O) groups excluding carboxylic acids is 4. The minimum Gasteiger partial charge on any atom is -0.351 e. The molecule has 2 saturated heterocycles. The summed E-state index contributed by atoms with van der Waals surface area (Å²) in [6, 6.07) is 1.10. The number of imide groups is 1. The number of carbonyl (C=O) groups is 4. The lowest BCUT2D eigenvalue weighted by atomic mass is 9.67. The first kappa shape index (κ1) is 23.3. The van der Waals surface area contributed by atoms with Crippen molar-refractivity contribution in [1.29, 1.82) is 0 Å². The van der Waals surface area contributed by atoms with Crippen molar-refractivity contribution in [1.82, 2.24) is 25.2 Å². The van der Waals surface area contributed by atoms with Crippen LogP contribution in [-0.2, 0) is 9.59 Å². The number of hydrogen-bond donors (Lipinski definition) is 1. The van der Waals surface area contributed by atoms with Crippen molar-refractivity contribution >= 4 is 23.8 Å². The Labute approximate surface area is 193 Å². The van der Waals surface area contributed by atoms with Crippen LogP contribution in [0.2, 0.25) is 0 Å². The third-order valence-electron chi connectivity index (χ3n) is 7.36. The summed E-state index contributed by atoms with van der Waals surface area (Å²) in [7, 11) is 0. The summed E-state index contributed by atoms with van der Waals surface area (Å²) in [6.45, 7) is 9.45. The van der Waals surface area contributed by atoms with Gasteiger partial charge in [-0.05, 0) is 43.9 Å². The van der Waals surface area contributed by atoms with E-state index in [2.05, 4.69) is 31.2 Å². The Bertz CT molecular complexity index is 949. The number of urea groups is 1. The number of amides is 5. The van der Waals surface area contributed by atoms with Gasteiger partial charge >= 0.3 is 6.03 Å². The number of aromatic nitrogens is 1. The van der Waals surface area contributed by atoms with Crippen LogP contribution in [0.4, 0.5) is 4.79 Å². The van der Waals surface area contributed by atoms with Gasteiger partial charge in [0, 0.05) is 32.2 Å². The van der Waals surface area contributed by atoms with Gasteiger partial charge in [0.05, 0.1) is 5.69 Å². The minimum absolute atomic E-state index is 0.165. The predicted molar refractivity (Wildman–Crippen MR) is 118 cm³/mol. The number of nitrogens with zero attached hydrogens (tertiary/aromatic N) is 4. The molecule has 33 heavy (non-hydrogen) atoms. The quantitative estimate of drug-likeness (QED) is 0.689. The Hall–Kier alpha value is -2.91. The Morgan fingerprint density at radius 2 is 1.73 bits per heavy atom. The molecule has 1 N–H and O–H groups in total. The standard InChI is InChI=1S/C23H33N5O5/c1-15-13-17(33-25-15)19(30)27-11-9-26(10-12-27)18(29)14-28-20(31)23(24-21(28)32)7-5-16(6-8-23)22(2,3)4/h13,16H,5-12,14H2,1-4H3,(H,24,32). The Morgan fingerprint density at radius 1 is 1.12 bits per heavy atom. The van der Waals surface area contributed by atoms with E-state index >= 15 is 0 Å². The average Bonchev–Trinajstić information content (AvgIpc) is 3.30. The molecule has 0 radical (unpaired) electrons. The zero-order valence-corrected chi connectivity index (χ0v) is 19.8. The number of hydrogen-bond acceptors (Lipinski definition) is 6. The van der Waals surface area contributed by atoms with Gasteiger partial charge in [-0.3, -0.25) is 19.3 Å². The van der Waals surface area contributed by atoms with Crippen LogP contribution in [-0.4, -0.2) is 81.9 Å². The fraction of sp³-hybridized carbons (Fsp3) is 0.696. The van der Waals surface area contributed by atoms with Gasteiger partial charge in [-0.15, -0.1) is 0 Å². The van der Waals surface area contributed by atoms with E-state index in [1.807, 2.05) is 0 Å². The third kappa shape index (κ3) is 4.47. The molecule has 2 aliphatic heterocycles. The van der Waals surface area contributed by atoms with E-state index in [-0.39, 0.29) is 35.4 Å². The SMILES string of the molecule is Cc1cc(C(=O)N2CCN(C(=O)CN3C(=O)NC4(CCC(C(C)(C)C)CC4)C3=O)CC2)on1. The van der Waals surface area contributed by atoms with Gasteiger partial charge in [0.15, 0.2) is 0 Å². The molecule has 3 aliphatic rings. The lowest BCUT2D eigenvalue weighted by molar-refractivity contribution is -0.140. The molecule has 1 spiro atoms. The molecule has 1 aromatic heterocycles. The highest BCUT2D eigenvalue weighted by Crippen LogP contribution is 2.43. The molecule has 0 bridgehead atoms. The van der Waals surface area contributed by atoms with Crippen LogP contribution in [0.25, 0.3) is 0 Å². The second-order valence-electron chi connectivity index (χ2n) is 10.5. The molecule has 1 saturated carbocycles. The predicted octanol–water partition coefficient (Wildman–Crippen LogP) is 1.79. The van der Waals surface area contributed by atoms with E-state index in [0.29, 0.717) is 50.6 Å². The molecular formula is C23H33N5O5. The van der Waals surface area contributed by atoms with Gasteiger partial charge in [-0.2, -0.15) is 0 Å². The molecule has 5 amide bonds. The van der Waals surface area contributed by atoms with Crippen molar-refractivity contribution in [2.45, 2.75) is 58.9 Å². The van der Waals surface area contributed by atoms with E-state index in [0.717, 1.165) is 17.7 Å². The summed E-state index contributed by atoms with van der Waals surface area (Å²) in [6.07, 6.45) is 2.95. The molecule has 0 unspecified atom stereocenters. The van der Waals surface area contributed by atoms with Crippen LogP contribution >= 0.6 is 0 Å². The second-order valence-corrected chi connectivity index (χ2v) is 10.5. The molecule has 10 nitrogen and oxygen atoms in total. The molecular weight excluding hydrogens is 426 g/mol. The summed E-state index contributed by atoms with van der Waals surface area (Å²) in [5.74, 6) is -0.157. The monoisotopic (exact) mass is 459 g/mol. The molecule has 1 aromatic rings. The summed E-state index contributed by atoms with van der Waals surface area (Å²) in [5.41, 5.74) is -0.0802. The molecule has 3 heterocycles. The summed E-state index contributed by atoms with van der Waals surface area (Å²) in [4.78, 5) is 55.4. The van der Waals surface area contributed by atoms with Gasteiger partial charge < -0.3 is 19.6 Å². The van der Waals surface area contributed by atoms with Gasteiger partial charge in [0.25, 0.3) is 11.8 Å². The molecule has 0 aromatic carbocycles. The Kier molecular flexibility index (Phi) is 5.96. The van der Waals surface area contributed by atoms with Crippen LogP contribution in [0.3, 0.4) is 0 Å². The van der Waals surface area contributed by atoms with Gasteiger partial charge in [0.2, 0.25) is 11.7 Å². The normalized spacial score (nSPS) is 26.2. The maximum atomic E-state index is 13.2. The molecule has 10 heteroatoms. The molecule has 4 rings (SSSR count). The van der Waals surface area contributed by atoms with E-state index in [1.165, 1.54) is 0 Å². The smallest absolute Gasteiger partial charge is 0.325 e. The van der Waals surface area contributed by atoms with Crippen LogP contribution in [0.5, 0.6) is 0 Å². The average molecular weight is 460 g/mol. The fourth-order valence-corrected chi connectivity index (χ4v) is 5.15. The second kappa shape index (κ2) is 8.46.